The van der Waals surface area contributed by atoms with Crippen molar-refractivity contribution in [2.75, 3.05) is 6.79 Å². The number of hydrogen-bond donors (Lipinski definition) is 0. The smallest absolute Gasteiger partial charge is 0.467 e. The minimum Gasteiger partial charge on any atom is -0.467 e. The van der Waals surface area contributed by atoms with E-state index in [4.69, 9.17) is 18.9 Å². The molecular formula is C42H66O5. The Bertz CT molecular complexity index is 1190. The van der Waals surface area contributed by atoms with Gasteiger partial charge in [-0.1, -0.05) is 89.8 Å². The van der Waals surface area contributed by atoms with Crippen LogP contribution in [0.4, 0.5) is 4.79 Å². The van der Waals surface area contributed by atoms with Gasteiger partial charge in [-0.3, -0.25) is 0 Å². The molecule has 5 rings (SSSR count). The van der Waals surface area contributed by atoms with Gasteiger partial charge in [-0.25, -0.2) is 4.79 Å². The van der Waals surface area contributed by atoms with Crippen molar-refractivity contribution in [3.05, 3.63) is 52.8 Å². The molecule has 4 aliphatic carbocycles. The number of benzene rings is 1. The van der Waals surface area contributed by atoms with E-state index in [1.165, 1.54) is 87.3 Å². The highest BCUT2D eigenvalue weighted by Crippen LogP contribution is 2.52. The van der Waals surface area contributed by atoms with Crippen molar-refractivity contribution in [3.63, 3.8) is 0 Å². The largest absolute Gasteiger partial charge is 0.514 e. The topological polar surface area (TPSA) is 54.0 Å². The molecule has 0 bridgehead atoms. The first-order valence-corrected chi connectivity index (χ1v) is 19.2. The van der Waals surface area contributed by atoms with Crippen LogP contribution in [0.15, 0.2) is 41.7 Å². The average Bonchev–Trinajstić information content (AvgIpc) is 3.05. The zero-order valence-electron chi connectivity index (χ0n) is 31.2. The number of allylic oxidation sites excluding steroid dienone is 3. The number of ether oxygens (including phenoxy) is 4. The van der Waals surface area contributed by atoms with Crippen molar-refractivity contribution in [1.29, 1.82) is 0 Å². The van der Waals surface area contributed by atoms with Crippen LogP contribution in [0.1, 0.15) is 175 Å². The Balaban J connectivity index is 0.00000245. The van der Waals surface area contributed by atoms with Gasteiger partial charge >= 0.3 is 6.16 Å². The van der Waals surface area contributed by atoms with Crippen LogP contribution >= 0.6 is 0 Å². The molecule has 264 valence electrons. The molecule has 1 aromatic rings. The molecule has 0 aromatic heterocycles. The summed E-state index contributed by atoms with van der Waals surface area (Å²) in [7, 11) is 0. The molecule has 1 aromatic carbocycles. The second-order valence-corrected chi connectivity index (χ2v) is 16.3. The predicted molar refractivity (Wildman–Crippen MR) is 193 cm³/mol. The quantitative estimate of drug-likeness (QED) is 0.207. The van der Waals surface area contributed by atoms with Crippen LogP contribution in [-0.2, 0) is 19.6 Å². The molecule has 0 N–H and O–H groups in total. The van der Waals surface area contributed by atoms with Crippen LogP contribution in [-0.4, -0.2) is 24.2 Å². The Hall–Kier alpha value is -2.27. The van der Waals surface area contributed by atoms with E-state index in [0.717, 1.165) is 43.6 Å². The zero-order chi connectivity index (χ0) is 34.1. The standard InChI is InChI=1S/C40H60O5.C2H6/c1-38(2,3)43-28-42-35-26-31(20-22-33(35)29-16-10-7-11-17-29)40(24-14-9-15-25-40)32-21-23-34(30-18-12-8-13-19-30)36(27-32)44-37(41)45-39(4,5)6;1-2/h20,22-23,26-27,29-30,32H,7-19,21,24-25,28H2,1-6H3;1-2H3. The number of carbonyl (C=O) groups is 1. The highest BCUT2D eigenvalue weighted by atomic mass is 16.7. The van der Waals surface area contributed by atoms with E-state index in [1.54, 1.807) is 0 Å². The Morgan fingerprint density at radius 2 is 1.38 bits per heavy atom. The second-order valence-electron chi connectivity index (χ2n) is 16.3. The highest BCUT2D eigenvalue weighted by molar-refractivity contribution is 5.63. The summed E-state index contributed by atoms with van der Waals surface area (Å²) in [6.07, 6.45) is 23.5. The summed E-state index contributed by atoms with van der Waals surface area (Å²) in [6.45, 7) is 16.2. The van der Waals surface area contributed by atoms with Gasteiger partial charge in [0.1, 0.15) is 17.1 Å². The lowest BCUT2D eigenvalue weighted by atomic mass is 9.59. The molecule has 1 atom stereocenters. The lowest BCUT2D eigenvalue weighted by Gasteiger charge is -2.45. The maximum absolute atomic E-state index is 13.1. The van der Waals surface area contributed by atoms with Gasteiger partial charge in [-0.05, 0) is 133 Å². The Morgan fingerprint density at radius 1 is 0.787 bits per heavy atom. The van der Waals surface area contributed by atoms with Gasteiger partial charge in [0, 0.05) is 5.41 Å². The van der Waals surface area contributed by atoms with Crippen molar-refractivity contribution in [2.24, 2.45) is 11.8 Å². The number of hydrogen-bond acceptors (Lipinski definition) is 5. The summed E-state index contributed by atoms with van der Waals surface area (Å²) in [5, 5.41) is 0. The molecule has 0 heterocycles. The minimum atomic E-state index is -0.599. The Morgan fingerprint density at radius 3 is 1.98 bits per heavy atom. The first kappa shape index (κ1) is 37.5. The van der Waals surface area contributed by atoms with Crippen LogP contribution in [0.5, 0.6) is 5.75 Å². The molecule has 0 radical (unpaired) electrons. The highest BCUT2D eigenvalue weighted by Gasteiger charge is 2.43. The van der Waals surface area contributed by atoms with Gasteiger partial charge in [-0.2, -0.15) is 0 Å². The van der Waals surface area contributed by atoms with Crippen molar-refractivity contribution in [3.8, 4) is 5.75 Å². The molecule has 47 heavy (non-hydrogen) atoms. The first-order valence-electron chi connectivity index (χ1n) is 19.2. The van der Waals surface area contributed by atoms with Crippen LogP contribution < -0.4 is 4.74 Å². The molecule has 0 aliphatic heterocycles. The van der Waals surface area contributed by atoms with E-state index < -0.39 is 11.8 Å². The Labute approximate surface area is 287 Å². The maximum atomic E-state index is 13.1. The zero-order valence-corrected chi connectivity index (χ0v) is 31.2. The van der Waals surface area contributed by atoms with Crippen LogP contribution in [0.25, 0.3) is 0 Å². The van der Waals surface area contributed by atoms with Gasteiger partial charge in [-0.15, -0.1) is 0 Å². The summed E-state index contributed by atoms with van der Waals surface area (Å²) >= 11 is 0. The summed E-state index contributed by atoms with van der Waals surface area (Å²) in [6, 6.07) is 7.15. The molecule has 0 spiro atoms. The minimum absolute atomic E-state index is 0.0382. The number of carbonyl (C=O) groups excluding carboxylic acids is 1. The SMILES string of the molecule is CC.CC(C)(C)OCOc1cc(C2(C3C=C(OC(=O)OC(C)(C)C)C(C4CCCCC4)=CC3)CCCCC2)ccc1C1CCCCC1. The van der Waals surface area contributed by atoms with Crippen LogP contribution in [0, 0.1) is 11.8 Å². The lowest BCUT2D eigenvalue weighted by Crippen LogP contribution is -2.38. The van der Waals surface area contributed by atoms with Gasteiger partial charge in [0.05, 0.1) is 5.60 Å². The second kappa shape index (κ2) is 16.9. The molecule has 3 fully saturated rings. The summed E-state index contributed by atoms with van der Waals surface area (Å²) < 4.78 is 24.4. The van der Waals surface area contributed by atoms with Crippen molar-refractivity contribution >= 4 is 6.16 Å². The third-order valence-electron chi connectivity index (χ3n) is 10.7. The van der Waals surface area contributed by atoms with Crippen LogP contribution in [0.3, 0.4) is 0 Å². The lowest BCUT2D eigenvalue weighted by molar-refractivity contribution is -0.0763. The third-order valence-corrected chi connectivity index (χ3v) is 10.7. The molecule has 0 saturated heterocycles. The molecule has 0 amide bonds. The van der Waals surface area contributed by atoms with E-state index in [0.29, 0.717) is 11.8 Å². The summed E-state index contributed by atoms with van der Waals surface area (Å²) in [5.74, 6) is 2.97. The fourth-order valence-electron chi connectivity index (χ4n) is 8.37. The molecule has 1 unspecified atom stereocenters. The van der Waals surface area contributed by atoms with Crippen LogP contribution in [0.2, 0.25) is 0 Å². The van der Waals surface area contributed by atoms with E-state index in [-0.39, 0.29) is 23.7 Å². The molecule has 3 saturated carbocycles. The predicted octanol–water partition coefficient (Wildman–Crippen LogP) is 12.5. The van der Waals surface area contributed by atoms with Gasteiger partial charge in [0.2, 0.25) is 0 Å². The van der Waals surface area contributed by atoms with E-state index in [1.807, 2.05) is 34.6 Å². The fourth-order valence-corrected chi connectivity index (χ4v) is 8.37. The molecule has 5 nitrogen and oxygen atoms in total. The number of rotatable bonds is 8. The van der Waals surface area contributed by atoms with Gasteiger partial charge < -0.3 is 18.9 Å². The Kier molecular flexibility index (Phi) is 13.5. The molecule has 4 aliphatic rings. The molecule has 5 heteroatoms. The van der Waals surface area contributed by atoms with Gasteiger partial charge in [0.25, 0.3) is 0 Å². The van der Waals surface area contributed by atoms with Crippen molar-refractivity contribution < 1.29 is 23.7 Å². The van der Waals surface area contributed by atoms with E-state index >= 15 is 0 Å². The van der Waals surface area contributed by atoms with Crippen molar-refractivity contribution in [2.45, 2.75) is 181 Å². The summed E-state index contributed by atoms with van der Waals surface area (Å²) in [4.78, 5) is 13.1. The monoisotopic (exact) mass is 650 g/mol. The normalized spacial score (nSPS) is 22.7. The fraction of sp³-hybridized carbons (Fsp3) is 0.738. The molecular weight excluding hydrogens is 584 g/mol. The average molecular weight is 651 g/mol. The van der Waals surface area contributed by atoms with E-state index in [9.17, 15) is 4.79 Å². The summed E-state index contributed by atoms with van der Waals surface area (Å²) in [5.41, 5.74) is 3.03. The first-order chi connectivity index (χ1) is 22.4. The van der Waals surface area contributed by atoms with Gasteiger partial charge in [0.15, 0.2) is 6.79 Å². The van der Waals surface area contributed by atoms with E-state index in [2.05, 4.69) is 51.1 Å². The third kappa shape index (κ3) is 10.4. The maximum Gasteiger partial charge on any atom is 0.514 e. The van der Waals surface area contributed by atoms with Crippen molar-refractivity contribution in [1.82, 2.24) is 0 Å².